The maximum Gasteiger partial charge on any atom is 0.183 e. The molecule has 0 atom stereocenters. The van der Waals surface area contributed by atoms with Crippen LogP contribution in [0.5, 0.6) is 0 Å². The molecule has 29 heavy (non-hydrogen) atoms. The first-order chi connectivity index (χ1) is 13.8. The number of hydrogen-bond donors (Lipinski definition) is 0. The van der Waals surface area contributed by atoms with E-state index in [2.05, 4.69) is 62.9 Å². The van der Waals surface area contributed by atoms with Gasteiger partial charge in [-0.3, -0.25) is 4.57 Å². The van der Waals surface area contributed by atoms with Crippen molar-refractivity contribution in [3.8, 4) is 22.5 Å². The van der Waals surface area contributed by atoms with Crippen molar-refractivity contribution in [1.82, 2.24) is 14.0 Å². The molecule has 145 valence electrons. The van der Waals surface area contributed by atoms with Gasteiger partial charge in [0.25, 0.3) is 0 Å². The van der Waals surface area contributed by atoms with Gasteiger partial charge in [0, 0.05) is 45.5 Å². The van der Waals surface area contributed by atoms with E-state index in [1.165, 1.54) is 11.2 Å². The zero-order valence-corrected chi connectivity index (χ0v) is 18.4. The number of fused-ring (bicyclic) bond motifs is 1. The summed E-state index contributed by atoms with van der Waals surface area (Å²) in [6.07, 6.45) is 5.97. The predicted molar refractivity (Wildman–Crippen MR) is 114 cm³/mol. The van der Waals surface area contributed by atoms with E-state index in [9.17, 15) is 0 Å². The predicted octanol–water partition coefficient (Wildman–Crippen LogP) is 5.57. The summed E-state index contributed by atoms with van der Waals surface area (Å²) < 4.78 is 4.23. The van der Waals surface area contributed by atoms with Crippen LogP contribution in [0.2, 0.25) is 0 Å². The number of aromatic nitrogens is 3. The van der Waals surface area contributed by atoms with Crippen LogP contribution in [0.15, 0.2) is 104 Å². The monoisotopic (exact) mass is 555 g/mol. The molecule has 0 N–H and O–H groups in total. The standard InChI is InChI=1S/C14H12N2.C11H8N.Ir/c1-15-10-13-8-5-9-14(16(13)11-15)12-6-3-2-4-7-12;1-2-6-10(7-3-1)11-8-4-5-9-12-11;/h2-6,8-11H,1H3;1-6,8-9H;/q;-1;. The molecule has 0 saturated heterocycles. The normalized spacial score (nSPS) is 9.97. The summed E-state index contributed by atoms with van der Waals surface area (Å²) >= 11 is 0. The van der Waals surface area contributed by atoms with Gasteiger partial charge < -0.3 is 4.98 Å². The van der Waals surface area contributed by atoms with Crippen LogP contribution < -0.4 is 0 Å². The van der Waals surface area contributed by atoms with Crippen LogP contribution in [0.1, 0.15) is 0 Å². The summed E-state index contributed by atoms with van der Waals surface area (Å²) in [7, 11) is 2.03. The van der Waals surface area contributed by atoms with Crippen LogP contribution in [-0.2, 0) is 27.2 Å². The number of aryl methyl sites for hydroxylation is 1. The molecule has 2 aromatic carbocycles. The Balaban J connectivity index is 0.000000167. The average Bonchev–Trinajstić information content (AvgIpc) is 3.16. The van der Waals surface area contributed by atoms with E-state index in [0.29, 0.717) is 0 Å². The second-order valence-corrected chi connectivity index (χ2v) is 6.38. The summed E-state index contributed by atoms with van der Waals surface area (Å²) in [5.74, 6) is 0. The third-order valence-corrected chi connectivity index (χ3v) is 4.33. The molecular weight excluding hydrogens is 535 g/mol. The molecule has 0 bridgehead atoms. The Morgan fingerprint density at radius 2 is 1.52 bits per heavy atom. The van der Waals surface area contributed by atoms with Crippen molar-refractivity contribution in [3.05, 3.63) is 116 Å². The van der Waals surface area contributed by atoms with Crippen LogP contribution in [0.3, 0.4) is 0 Å². The molecule has 3 heterocycles. The van der Waals surface area contributed by atoms with E-state index in [4.69, 9.17) is 0 Å². The van der Waals surface area contributed by atoms with Crippen LogP contribution in [0.25, 0.3) is 28.0 Å². The quantitative estimate of drug-likeness (QED) is 0.262. The van der Waals surface area contributed by atoms with E-state index in [-0.39, 0.29) is 20.1 Å². The molecule has 5 aromatic rings. The topological polar surface area (TPSA) is 22.2 Å². The van der Waals surface area contributed by atoms with Gasteiger partial charge >= 0.3 is 0 Å². The van der Waals surface area contributed by atoms with Gasteiger partial charge in [-0.2, -0.15) is 4.40 Å². The van der Waals surface area contributed by atoms with Crippen molar-refractivity contribution in [3.63, 3.8) is 0 Å². The first kappa shape index (κ1) is 20.7. The minimum atomic E-state index is 0. The fourth-order valence-electron chi connectivity index (χ4n) is 3.04. The van der Waals surface area contributed by atoms with E-state index < -0.39 is 0 Å². The van der Waals surface area contributed by atoms with Gasteiger partial charge in [0.05, 0.1) is 0 Å². The fourth-order valence-corrected chi connectivity index (χ4v) is 3.04. The maximum absolute atomic E-state index is 4.22. The largest absolute Gasteiger partial charge is 0.305 e. The summed E-state index contributed by atoms with van der Waals surface area (Å²) in [6, 6.07) is 34.4. The molecule has 4 heteroatoms. The van der Waals surface area contributed by atoms with Gasteiger partial charge in [0.15, 0.2) is 11.8 Å². The Hall–Kier alpha value is -3.07. The number of benzene rings is 2. The van der Waals surface area contributed by atoms with Crippen LogP contribution >= 0.6 is 0 Å². The molecule has 0 spiro atoms. The van der Waals surface area contributed by atoms with Crippen molar-refractivity contribution in [1.29, 1.82) is 0 Å². The minimum Gasteiger partial charge on any atom is -0.305 e. The molecule has 3 nitrogen and oxygen atoms in total. The number of nitrogens with zero attached hydrogens (tertiary/aromatic N) is 3. The zero-order chi connectivity index (χ0) is 19.2. The van der Waals surface area contributed by atoms with Gasteiger partial charge in [0.1, 0.15) is 11.9 Å². The number of pyridine rings is 2. The summed E-state index contributed by atoms with van der Waals surface area (Å²) in [6.45, 7) is 0. The summed E-state index contributed by atoms with van der Waals surface area (Å²) in [5, 5.41) is 0. The Morgan fingerprint density at radius 1 is 0.793 bits per heavy atom. The van der Waals surface area contributed by atoms with Gasteiger partial charge in [0.2, 0.25) is 0 Å². The van der Waals surface area contributed by atoms with E-state index >= 15 is 0 Å². The molecule has 0 saturated carbocycles. The zero-order valence-electron chi connectivity index (χ0n) is 16.0. The molecule has 1 radical (unpaired) electrons. The van der Waals surface area contributed by atoms with E-state index in [0.717, 1.165) is 16.8 Å². The molecule has 0 aliphatic heterocycles. The molecule has 0 amide bonds. The maximum atomic E-state index is 4.22. The average molecular weight is 555 g/mol. The van der Waals surface area contributed by atoms with Crippen LogP contribution in [-0.4, -0.2) is 14.0 Å². The third-order valence-electron chi connectivity index (χ3n) is 4.33. The Labute approximate surface area is 184 Å². The minimum absolute atomic E-state index is 0. The molecule has 0 unspecified atom stereocenters. The summed E-state index contributed by atoms with van der Waals surface area (Å²) in [4.78, 5) is 4.22. The Bertz CT molecular complexity index is 1120. The molecule has 0 aliphatic carbocycles. The van der Waals surface area contributed by atoms with Crippen molar-refractivity contribution in [2.24, 2.45) is 7.05 Å². The van der Waals surface area contributed by atoms with Gasteiger partial charge in [-0.25, -0.2) is 0 Å². The van der Waals surface area contributed by atoms with Crippen LogP contribution in [0.4, 0.5) is 0 Å². The first-order valence-electron chi connectivity index (χ1n) is 9.13. The molecule has 0 aliphatic rings. The van der Waals surface area contributed by atoms with Crippen molar-refractivity contribution in [2.45, 2.75) is 0 Å². The Morgan fingerprint density at radius 3 is 2.17 bits per heavy atom. The summed E-state index contributed by atoms with van der Waals surface area (Å²) in [5.41, 5.74) is 5.48. The Kier molecular flexibility index (Phi) is 7.07. The number of imidazole rings is 1. The molecule has 3 aromatic heterocycles. The second-order valence-electron chi connectivity index (χ2n) is 6.38. The molecular formula is C25H20IrN3-. The smallest absolute Gasteiger partial charge is 0.183 e. The second kappa shape index (κ2) is 9.92. The van der Waals surface area contributed by atoms with Gasteiger partial charge in [-0.1, -0.05) is 12.1 Å². The molecule has 0 fully saturated rings. The van der Waals surface area contributed by atoms with Gasteiger partial charge in [-0.15, -0.1) is 66.2 Å². The van der Waals surface area contributed by atoms with Crippen LogP contribution in [0, 0.1) is 12.1 Å². The van der Waals surface area contributed by atoms with Gasteiger partial charge in [-0.05, 0) is 23.4 Å². The van der Waals surface area contributed by atoms with Crippen molar-refractivity contribution < 1.29 is 20.1 Å². The SMILES string of the molecule is Cn1cc2cccc(-c3[c-]cccc3)n2[cH+]1.[Ir].[c-]1ccccc1-c1ccccn1. The molecule has 5 rings (SSSR count). The third kappa shape index (κ3) is 5.05. The van der Waals surface area contributed by atoms with E-state index in [1.807, 2.05) is 67.7 Å². The number of hydrogen-bond acceptors (Lipinski definition) is 1. The van der Waals surface area contributed by atoms with Crippen molar-refractivity contribution in [2.75, 3.05) is 0 Å². The van der Waals surface area contributed by atoms with E-state index in [1.54, 1.807) is 6.20 Å². The number of rotatable bonds is 2. The first-order valence-corrected chi connectivity index (χ1v) is 9.13. The van der Waals surface area contributed by atoms with Crippen molar-refractivity contribution >= 4 is 5.52 Å². The fraction of sp³-hybridized carbons (Fsp3) is 0.0400.